The number of likely N-dealkylation sites (N-methyl/N-ethyl adjacent to an activating group) is 1. The topological polar surface area (TPSA) is 230 Å². The number of anilines is 1. The number of carboxylic acid groups (broad SMARTS) is 1. The molecular weight excluding hydrogens is 600 g/mol. The van der Waals surface area contributed by atoms with E-state index in [-0.39, 0.29) is 24.7 Å². The molecule has 18 heteroatoms. The van der Waals surface area contributed by atoms with Crippen LogP contribution in [0.2, 0.25) is 5.02 Å². The van der Waals surface area contributed by atoms with Gasteiger partial charge in [0, 0.05) is 42.2 Å². The van der Waals surface area contributed by atoms with E-state index in [9.17, 15) is 24.6 Å². The molecule has 2 aliphatic rings. The molecular formula is C26H29ClN10O7. The van der Waals surface area contributed by atoms with Crippen LogP contribution in [0.3, 0.4) is 0 Å². The van der Waals surface area contributed by atoms with Crippen molar-refractivity contribution in [1.29, 1.82) is 0 Å². The van der Waals surface area contributed by atoms with Crippen LogP contribution in [0.4, 0.5) is 5.82 Å². The Morgan fingerprint density at radius 3 is 2.73 bits per heavy atom. The Morgan fingerprint density at radius 1 is 1.25 bits per heavy atom. The van der Waals surface area contributed by atoms with Crippen molar-refractivity contribution in [3.63, 3.8) is 0 Å². The number of hydrogen-bond donors (Lipinski definition) is 4. The predicted octanol–water partition coefficient (Wildman–Crippen LogP) is 1.48. The number of amides is 2. The van der Waals surface area contributed by atoms with Crippen molar-refractivity contribution < 1.29 is 34.1 Å². The first kappa shape index (κ1) is 30.7. The summed E-state index contributed by atoms with van der Waals surface area (Å²) in [5.74, 6) is -1.36. The lowest BCUT2D eigenvalue weighted by Crippen LogP contribution is -2.42. The van der Waals surface area contributed by atoms with E-state index in [4.69, 9.17) is 26.6 Å². The van der Waals surface area contributed by atoms with Crippen LogP contribution in [-0.4, -0.2) is 97.4 Å². The lowest BCUT2D eigenvalue weighted by molar-refractivity contribution is -0.146. The Morgan fingerprint density at radius 2 is 2.02 bits per heavy atom. The molecule has 5 rings (SSSR count). The van der Waals surface area contributed by atoms with Crippen LogP contribution < -0.4 is 15.4 Å². The minimum Gasteiger partial charge on any atom is -0.483 e. The molecule has 2 aromatic heterocycles. The number of hydrogen-bond acceptors (Lipinski definition) is 11. The third kappa shape index (κ3) is 6.30. The molecule has 0 radical (unpaired) electrons. The molecule has 2 saturated heterocycles. The number of aliphatic hydroxyl groups is 1. The second-order valence-electron chi connectivity index (χ2n) is 10.2. The first-order valence-electron chi connectivity index (χ1n) is 13.6. The van der Waals surface area contributed by atoms with Gasteiger partial charge in [0.2, 0.25) is 5.91 Å². The number of piperidine rings is 1. The summed E-state index contributed by atoms with van der Waals surface area (Å²) >= 11 is 6.24. The molecule has 2 fully saturated rings. The van der Waals surface area contributed by atoms with Crippen LogP contribution >= 0.6 is 11.6 Å². The third-order valence-electron chi connectivity index (χ3n) is 7.58. The van der Waals surface area contributed by atoms with E-state index in [2.05, 4.69) is 35.6 Å². The maximum atomic E-state index is 12.7. The SMILES string of the molecule is CNC(=O)C1OC(n2cnc3c(NCc4cc(Cl)ccc4OCC(=O)N4CCC(C(=O)O)CC4)ncnc32)C(O)C1N=[N+]=[N-]. The summed E-state index contributed by atoms with van der Waals surface area (Å²) in [5.41, 5.74) is 10.2. The van der Waals surface area contributed by atoms with Crippen molar-refractivity contribution in [1.82, 2.24) is 29.7 Å². The molecule has 3 aromatic rings. The van der Waals surface area contributed by atoms with Crippen LogP contribution in [0.5, 0.6) is 5.75 Å². The number of imidazole rings is 1. The number of carbonyl (C=O) groups excluding carboxylic acids is 2. The molecule has 4 unspecified atom stereocenters. The van der Waals surface area contributed by atoms with Gasteiger partial charge >= 0.3 is 5.97 Å². The number of nitrogens with zero attached hydrogens (tertiary/aromatic N) is 8. The summed E-state index contributed by atoms with van der Waals surface area (Å²) in [5, 5.41) is 29.6. The third-order valence-corrected chi connectivity index (χ3v) is 7.81. The second-order valence-corrected chi connectivity index (χ2v) is 10.6. The molecule has 4 N–H and O–H groups in total. The molecule has 4 atom stereocenters. The normalized spacial score (nSPS) is 21.9. The fraction of sp³-hybridized carbons (Fsp3) is 0.462. The number of nitrogens with one attached hydrogen (secondary N) is 2. The predicted molar refractivity (Wildman–Crippen MR) is 153 cm³/mol. The highest BCUT2D eigenvalue weighted by atomic mass is 35.5. The molecule has 2 amide bonds. The Hall–Kier alpha value is -4.70. The van der Waals surface area contributed by atoms with Crippen molar-refractivity contribution >= 4 is 46.4 Å². The number of benzene rings is 1. The average molecular weight is 629 g/mol. The van der Waals surface area contributed by atoms with Gasteiger partial charge in [-0.25, -0.2) is 15.0 Å². The summed E-state index contributed by atoms with van der Waals surface area (Å²) in [6.07, 6.45) is -0.263. The van der Waals surface area contributed by atoms with Crippen molar-refractivity contribution in [2.24, 2.45) is 11.0 Å². The number of carboxylic acids is 1. The van der Waals surface area contributed by atoms with Crippen LogP contribution in [-0.2, 0) is 25.7 Å². The summed E-state index contributed by atoms with van der Waals surface area (Å²) < 4.78 is 13.0. The molecule has 4 heterocycles. The van der Waals surface area contributed by atoms with E-state index in [0.717, 1.165) is 0 Å². The van der Waals surface area contributed by atoms with Gasteiger partial charge < -0.3 is 35.2 Å². The van der Waals surface area contributed by atoms with Gasteiger partial charge in [-0.3, -0.25) is 19.0 Å². The van der Waals surface area contributed by atoms with Gasteiger partial charge in [-0.1, -0.05) is 16.7 Å². The van der Waals surface area contributed by atoms with Gasteiger partial charge in [0.1, 0.15) is 30.3 Å². The van der Waals surface area contributed by atoms with Crippen molar-refractivity contribution in [3.8, 4) is 5.75 Å². The van der Waals surface area contributed by atoms with Gasteiger partial charge in [0.05, 0.1) is 12.2 Å². The van der Waals surface area contributed by atoms with E-state index in [1.165, 1.54) is 24.3 Å². The van der Waals surface area contributed by atoms with Gasteiger partial charge in [0.15, 0.2) is 29.8 Å². The lowest BCUT2D eigenvalue weighted by Gasteiger charge is -2.30. The van der Waals surface area contributed by atoms with Gasteiger partial charge in [-0.05, 0) is 36.6 Å². The van der Waals surface area contributed by atoms with Gasteiger partial charge in [-0.2, -0.15) is 0 Å². The number of azide groups is 1. The highest BCUT2D eigenvalue weighted by Gasteiger charge is 2.48. The number of ether oxygens (including phenoxy) is 2. The highest BCUT2D eigenvalue weighted by Crippen LogP contribution is 2.34. The summed E-state index contributed by atoms with van der Waals surface area (Å²) in [6, 6.07) is 3.79. The van der Waals surface area contributed by atoms with Gasteiger partial charge in [0.25, 0.3) is 5.91 Å². The lowest BCUT2D eigenvalue weighted by atomic mass is 9.97. The fourth-order valence-corrected chi connectivity index (χ4v) is 5.41. The van der Waals surface area contributed by atoms with E-state index in [0.29, 0.717) is 53.6 Å². The summed E-state index contributed by atoms with van der Waals surface area (Å²) in [6.45, 7) is 0.650. The first-order valence-corrected chi connectivity index (χ1v) is 14.0. The van der Waals surface area contributed by atoms with Crippen LogP contribution in [0.1, 0.15) is 24.6 Å². The summed E-state index contributed by atoms with van der Waals surface area (Å²) in [4.78, 5) is 53.5. The van der Waals surface area contributed by atoms with E-state index < -0.39 is 42.3 Å². The number of halogens is 1. The zero-order valence-electron chi connectivity index (χ0n) is 23.4. The zero-order chi connectivity index (χ0) is 31.4. The van der Waals surface area contributed by atoms with Gasteiger partial charge in [-0.15, -0.1) is 0 Å². The fourth-order valence-electron chi connectivity index (χ4n) is 5.22. The highest BCUT2D eigenvalue weighted by molar-refractivity contribution is 6.30. The van der Waals surface area contributed by atoms with Crippen LogP contribution in [0, 0.1) is 5.92 Å². The molecule has 232 valence electrons. The Bertz CT molecular complexity index is 1600. The molecule has 1 aromatic carbocycles. The summed E-state index contributed by atoms with van der Waals surface area (Å²) in [7, 11) is 1.40. The van der Waals surface area contributed by atoms with Crippen LogP contribution in [0.15, 0.2) is 36.0 Å². The van der Waals surface area contributed by atoms with Crippen molar-refractivity contribution in [2.45, 2.75) is 43.9 Å². The zero-order valence-corrected chi connectivity index (χ0v) is 24.2. The monoisotopic (exact) mass is 628 g/mol. The smallest absolute Gasteiger partial charge is 0.306 e. The largest absolute Gasteiger partial charge is 0.483 e. The standard InChI is InChI=1S/C26H29ClN10O7/c1-29-24(40)21-18(34-35-28)20(39)25(44-21)37-12-33-19-22(31-11-32-23(19)37)30-9-14-8-15(27)2-3-16(14)43-10-17(38)36-6-4-13(5-7-36)26(41)42/h2-3,8,11-13,18,20-21,25,39H,4-7,9-10H2,1H3,(H,29,40)(H,41,42)(H,30,31,32). The molecule has 0 aliphatic carbocycles. The molecule has 0 bridgehead atoms. The average Bonchev–Trinajstić information content (AvgIpc) is 3.60. The molecule has 0 spiro atoms. The quantitative estimate of drug-likeness (QED) is 0.143. The molecule has 0 saturated carbocycles. The van der Waals surface area contributed by atoms with E-state index >= 15 is 0 Å². The number of carbonyl (C=O) groups is 3. The molecule has 2 aliphatic heterocycles. The van der Waals surface area contributed by atoms with E-state index in [1.807, 2.05) is 0 Å². The Kier molecular flexibility index (Phi) is 9.29. The Labute approximate surface area is 254 Å². The van der Waals surface area contributed by atoms with Crippen LogP contribution in [0.25, 0.3) is 21.6 Å². The Balaban J connectivity index is 1.29. The minimum absolute atomic E-state index is 0.174. The van der Waals surface area contributed by atoms with Crippen molar-refractivity contribution in [3.05, 3.63) is 51.9 Å². The maximum absolute atomic E-state index is 12.7. The second kappa shape index (κ2) is 13.3. The number of fused-ring (bicyclic) bond motifs is 1. The number of likely N-dealkylation sites (tertiary alicyclic amines) is 1. The molecule has 17 nitrogen and oxygen atoms in total. The number of aliphatic hydroxyl groups excluding tert-OH is 1. The van der Waals surface area contributed by atoms with Crippen molar-refractivity contribution in [2.75, 3.05) is 32.1 Å². The number of aromatic nitrogens is 4. The molecule has 44 heavy (non-hydrogen) atoms. The maximum Gasteiger partial charge on any atom is 0.306 e. The minimum atomic E-state index is -1.37. The number of rotatable bonds is 10. The first-order chi connectivity index (χ1) is 21.2. The van der Waals surface area contributed by atoms with E-state index in [1.54, 1.807) is 23.1 Å². The number of aliphatic carboxylic acids is 1.